The Morgan fingerprint density at radius 1 is 1.11 bits per heavy atom. The van der Waals surface area contributed by atoms with Crippen molar-refractivity contribution in [3.63, 3.8) is 0 Å². The number of piperidine rings is 1. The zero-order valence-electron chi connectivity index (χ0n) is 15.5. The molecule has 2 aromatic heterocycles. The predicted octanol–water partition coefficient (Wildman–Crippen LogP) is 1.74. The Labute approximate surface area is 158 Å². The van der Waals surface area contributed by atoms with Gasteiger partial charge >= 0.3 is 0 Å². The highest BCUT2D eigenvalue weighted by Gasteiger charge is 2.25. The van der Waals surface area contributed by atoms with Crippen LogP contribution in [0.2, 0.25) is 0 Å². The number of sulfonamides is 1. The Morgan fingerprint density at radius 3 is 2.48 bits per heavy atom. The van der Waals surface area contributed by atoms with E-state index in [1.54, 1.807) is 18.3 Å². The molecule has 0 atom stereocenters. The zero-order valence-corrected chi connectivity index (χ0v) is 16.3. The van der Waals surface area contributed by atoms with Crippen molar-refractivity contribution in [2.75, 3.05) is 24.7 Å². The molecule has 1 aliphatic heterocycles. The van der Waals surface area contributed by atoms with Crippen LogP contribution in [0.15, 0.2) is 23.1 Å². The Kier molecular flexibility index (Phi) is 4.90. The van der Waals surface area contributed by atoms with Gasteiger partial charge in [-0.3, -0.25) is 9.36 Å². The van der Waals surface area contributed by atoms with Gasteiger partial charge in [-0.2, -0.15) is 4.98 Å². The molecule has 146 valence electrons. The van der Waals surface area contributed by atoms with Crippen LogP contribution in [0.3, 0.4) is 0 Å². The quantitative estimate of drug-likeness (QED) is 0.853. The maximum atomic E-state index is 12.5. The van der Waals surface area contributed by atoms with Crippen molar-refractivity contribution in [2.24, 2.45) is 0 Å². The summed E-state index contributed by atoms with van der Waals surface area (Å²) in [4.78, 5) is 21.5. The fourth-order valence-corrected chi connectivity index (χ4v) is 5.01. The number of nitrogens with one attached hydrogen (secondary N) is 1. The zero-order chi connectivity index (χ0) is 19.0. The van der Waals surface area contributed by atoms with Gasteiger partial charge in [0, 0.05) is 42.8 Å². The first-order valence-corrected chi connectivity index (χ1v) is 11.4. The molecule has 9 heteroatoms. The Balaban J connectivity index is 1.57. The molecular formula is C18H25N5O3S. The van der Waals surface area contributed by atoms with E-state index in [0.717, 1.165) is 31.1 Å². The van der Waals surface area contributed by atoms with Crippen LogP contribution in [0.5, 0.6) is 0 Å². The predicted molar refractivity (Wildman–Crippen MR) is 104 cm³/mol. The van der Waals surface area contributed by atoms with Gasteiger partial charge in [0.2, 0.25) is 16.0 Å². The minimum absolute atomic E-state index is 0.0134. The summed E-state index contributed by atoms with van der Waals surface area (Å²) in [5.41, 5.74) is 0.668. The lowest BCUT2D eigenvalue weighted by atomic mass is 10.1. The summed E-state index contributed by atoms with van der Waals surface area (Å²) in [5, 5.41) is 4.18. The number of hydrogen-bond donors (Lipinski definition) is 1. The molecule has 0 spiro atoms. The monoisotopic (exact) mass is 391 g/mol. The van der Waals surface area contributed by atoms with Crippen LogP contribution in [0.25, 0.3) is 11.0 Å². The first kappa shape index (κ1) is 18.4. The van der Waals surface area contributed by atoms with E-state index in [4.69, 9.17) is 0 Å². The van der Waals surface area contributed by atoms with Crippen LogP contribution in [-0.2, 0) is 10.0 Å². The second-order valence-corrected chi connectivity index (χ2v) is 9.52. The second-order valence-electron chi connectivity index (χ2n) is 7.53. The SMILES string of the molecule is CS(=O)(=O)N1CCC(Nc2ncc3ccc(=O)n(C4CCCC4)c3n2)CC1. The van der Waals surface area contributed by atoms with E-state index in [-0.39, 0.29) is 17.6 Å². The fraction of sp³-hybridized carbons (Fsp3) is 0.611. The highest BCUT2D eigenvalue weighted by Crippen LogP contribution is 2.30. The number of nitrogens with zero attached hydrogens (tertiary/aromatic N) is 4. The van der Waals surface area contributed by atoms with Crippen molar-refractivity contribution in [1.29, 1.82) is 0 Å². The lowest BCUT2D eigenvalue weighted by molar-refractivity contribution is 0.331. The molecule has 0 aromatic carbocycles. The number of anilines is 1. The summed E-state index contributed by atoms with van der Waals surface area (Å²) in [5.74, 6) is 0.498. The van der Waals surface area contributed by atoms with Crippen LogP contribution < -0.4 is 10.9 Å². The van der Waals surface area contributed by atoms with Gasteiger partial charge in [-0.1, -0.05) is 12.8 Å². The Hall–Kier alpha value is -2.00. The van der Waals surface area contributed by atoms with E-state index in [1.807, 2.05) is 4.57 Å². The molecule has 2 fully saturated rings. The molecule has 8 nitrogen and oxygen atoms in total. The largest absolute Gasteiger partial charge is 0.351 e. The highest BCUT2D eigenvalue weighted by atomic mass is 32.2. The molecule has 0 amide bonds. The number of fused-ring (bicyclic) bond motifs is 1. The minimum Gasteiger partial charge on any atom is -0.351 e. The molecular weight excluding hydrogens is 366 g/mol. The summed E-state index contributed by atoms with van der Waals surface area (Å²) in [6.45, 7) is 0.994. The number of aromatic nitrogens is 3. The number of rotatable bonds is 4. The summed E-state index contributed by atoms with van der Waals surface area (Å²) in [6, 6.07) is 3.70. The fourth-order valence-electron chi connectivity index (χ4n) is 4.14. The number of pyridine rings is 1. The average Bonchev–Trinajstić information content (AvgIpc) is 3.15. The molecule has 3 heterocycles. The summed E-state index contributed by atoms with van der Waals surface area (Å²) in [7, 11) is -3.13. The molecule has 27 heavy (non-hydrogen) atoms. The first-order chi connectivity index (χ1) is 12.9. The van der Waals surface area contributed by atoms with Crippen molar-refractivity contribution < 1.29 is 8.42 Å². The second kappa shape index (κ2) is 7.20. The van der Waals surface area contributed by atoms with Crippen molar-refractivity contribution in [3.05, 3.63) is 28.7 Å². The first-order valence-electron chi connectivity index (χ1n) is 9.52. The third-order valence-corrected chi connectivity index (χ3v) is 6.92. The van der Waals surface area contributed by atoms with E-state index in [0.29, 0.717) is 37.5 Å². The van der Waals surface area contributed by atoms with Gasteiger partial charge in [-0.25, -0.2) is 17.7 Å². The highest BCUT2D eigenvalue weighted by molar-refractivity contribution is 7.88. The molecule has 0 unspecified atom stereocenters. The average molecular weight is 391 g/mol. The minimum atomic E-state index is -3.13. The number of hydrogen-bond acceptors (Lipinski definition) is 6. The lowest BCUT2D eigenvalue weighted by Crippen LogP contribution is -2.42. The molecule has 1 aliphatic carbocycles. The lowest BCUT2D eigenvalue weighted by Gasteiger charge is -2.30. The van der Waals surface area contributed by atoms with E-state index in [9.17, 15) is 13.2 Å². The smallest absolute Gasteiger partial charge is 0.252 e. The van der Waals surface area contributed by atoms with Crippen LogP contribution in [-0.4, -0.2) is 52.6 Å². The summed E-state index contributed by atoms with van der Waals surface area (Å²) >= 11 is 0. The van der Waals surface area contributed by atoms with Crippen LogP contribution in [0, 0.1) is 0 Å². The topological polar surface area (TPSA) is 97.2 Å². The molecule has 1 N–H and O–H groups in total. The molecule has 0 bridgehead atoms. The van der Waals surface area contributed by atoms with E-state index >= 15 is 0 Å². The molecule has 4 rings (SSSR count). The standard InChI is InChI=1S/C18H25N5O3S/c1-27(25,26)22-10-8-14(9-11-22)20-18-19-12-13-6-7-16(24)23(17(13)21-18)15-4-2-3-5-15/h6-7,12,14-15H,2-5,8-11H2,1H3,(H,19,20,21). The van der Waals surface area contributed by atoms with Gasteiger partial charge in [-0.15, -0.1) is 0 Å². The van der Waals surface area contributed by atoms with Crippen LogP contribution in [0.4, 0.5) is 5.95 Å². The maximum absolute atomic E-state index is 12.5. The van der Waals surface area contributed by atoms with Gasteiger partial charge in [0.15, 0.2) is 0 Å². The molecule has 1 saturated carbocycles. The normalized spacial score (nSPS) is 20.3. The van der Waals surface area contributed by atoms with Crippen molar-refractivity contribution in [1.82, 2.24) is 18.8 Å². The van der Waals surface area contributed by atoms with Gasteiger partial charge in [0.1, 0.15) is 5.65 Å². The van der Waals surface area contributed by atoms with Crippen molar-refractivity contribution in [3.8, 4) is 0 Å². The van der Waals surface area contributed by atoms with E-state index in [2.05, 4.69) is 15.3 Å². The Bertz CT molecular complexity index is 990. The molecule has 2 aliphatic rings. The van der Waals surface area contributed by atoms with E-state index in [1.165, 1.54) is 10.6 Å². The Morgan fingerprint density at radius 2 is 1.81 bits per heavy atom. The van der Waals surface area contributed by atoms with Crippen molar-refractivity contribution >= 4 is 27.0 Å². The van der Waals surface area contributed by atoms with E-state index < -0.39 is 10.0 Å². The van der Waals surface area contributed by atoms with Gasteiger partial charge in [0.25, 0.3) is 5.56 Å². The van der Waals surface area contributed by atoms with Crippen LogP contribution in [0.1, 0.15) is 44.6 Å². The van der Waals surface area contributed by atoms with Gasteiger partial charge in [-0.05, 0) is 31.7 Å². The summed E-state index contributed by atoms with van der Waals surface area (Å²) < 4.78 is 26.6. The third-order valence-electron chi connectivity index (χ3n) is 5.61. The van der Waals surface area contributed by atoms with Gasteiger partial charge in [0.05, 0.1) is 6.26 Å². The molecule has 2 aromatic rings. The van der Waals surface area contributed by atoms with Crippen molar-refractivity contribution in [2.45, 2.75) is 50.6 Å². The third kappa shape index (κ3) is 3.84. The van der Waals surface area contributed by atoms with Gasteiger partial charge < -0.3 is 5.32 Å². The molecule has 0 radical (unpaired) electrons. The molecule has 1 saturated heterocycles. The maximum Gasteiger partial charge on any atom is 0.252 e. The summed E-state index contributed by atoms with van der Waals surface area (Å²) in [6.07, 6.45) is 8.71. The van der Waals surface area contributed by atoms with Crippen LogP contribution >= 0.6 is 0 Å².